The molecule has 2 saturated carbocycles. The molecule has 0 heterocycles. The molecule has 2 N–H and O–H groups in total. The molecule has 0 saturated heterocycles. The predicted octanol–water partition coefficient (Wildman–Crippen LogP) is 3.21. The molecule has 6 unspecified atom stereocenters. The molecule has 0 aliphatic heterocycles. The van der Waals surface area contributed by atoms with Gasteiger partial charge in [-0.3, -0.25) is 9.59 Å². The lowest BCUT2D eigenvalue weighted by atomic mass is 9.62. The van der Waals surface area contributed by atoms with E-state index in [0.29, 0.717) is 29.7 Å². The third-order valence-electron chi connectivity index (χ3n) is 6.18. The summed E-state index contributed by atoms with van der Waals surface area (Å²) in [5.74, 6) is -1.67. The van der Waals surface area contributed by atoms with Crippen LogP contribution in [-0.4, -0.2) is 29.6 Å². The van der Waals surface area contributed by atoms with Gasteiger partial charge in [0.1, 0.15) is 0 Å². The molecule has 0 spiro atoms. The van der Waals surface area contributed by atoms with Crippen LogP contribution >= 0.6 is 0 Å². The molecule has 2 fully saturated rings. The number of nitrogens with one attached hydrogen (secondary N) is 1. The first kappa shape index (κ1) is 18.7. The number of allylic oxidation sites excluding steroid dienone is 2. The van der Waals surface area contributed by atoms with Crippen LogP contribution in [0.15, 0.2) is 36.4 Å². The molecule has 6 nitrogen and oxygen atoms in total. The van der Waals surface area contributed by atoms with Crippen molar-refractivity contribution < 1.29 is 24.2 Å². The van der Waals surface area contributed by atoms with E-state index >= 15 is 0 Å². The van der Waals surface area contributed by atoms with Crippen molar-refractivity contribution >= 4 is 23.5 Å². The minimum absolute atomic E-state index is 0.00128. The number of anilines is 1. The first-order valence-electron chi connectivity index (χ1n) is 9.86. The zero-order valence-corrected chi connectivity index (χ0v) is 16.0. The fourth-order valence-electron chi connectivity index (χ4n) is 4.81. The Morgan fingerprint density at radius 1 is 1.07 bits per heavy atom. The van der Waals surface area contributed by atoms with Crippen molar-refractivity contribution in [3.63, 3.8) is 0 Å². The third kappa shape index (κ3) is 3.32. The second-order valence-electron chi connectivity index (χ2n) is 8.55. The van der Waals surface area contributed by atoms with E-state index in [2.05, 4.69) is 5.32 Å². The van der Waals surface area contributed by atoms with E-state index in [1.807, 2.05) is 26.0 Å². The molecule has 1 aromatic rings. The highest BCUT2D eigenvalue weighted by Gasteiger charge is 2.62. The molecule has 5 rings (SSSR count). The maximum absolute atomic E-state index is 12.9. The third-order valence-corrected chi connectivity index (χ3v) is 6.18. The highest BCUT2D eigenvalue weighted by atomic mass is 16.5. The lowest BCUT2D eigenvalue weighted by molar-refractivity contribution is -0.152. The summed E-state index contributed by atoms with van der Waals surface area (Å²) in [6, 6.07) is 6.51. The van der Waals surface area contributed by atoms with Gasteiger partial charge in [0.2, 0.25) is 5.91 Å². The molecule has 6 atom stereocenters. The first-order chi connectivity index (χ1) is 13.4. The van der Waals surface area contributed by atoms with E-state index in [4.69, 9.17) is 4.74 Å². The minimum atomic E-state index is -0.895. The van der Waals surface area contributed by atoms with Gasteiger partial charge in [0.05, 0.1) is 24.0 Å². The van der Waals surface area contributed by atoms with E-state index in [1.54, 1.807) is 24.3 Å². The first-order valence-corrected chi connectivity index (χ1v) is 9.86. The van der Waals surface area contributed by atoms with E-state index in [0.717, 1.165) is 6.42 Å². The SMILES string of the molecule is CC(C)COC(=O)c1ccc(NC(=O)C2C3C=CC(C4CC34)C2C(=O)O)cc1. The van der Waals surface area contributed by atoms with Gasteiger partial charge in [-0.1, -0.05) is 26.0 Å². The number of carbonyl (C=O) groups excluding carboxylic acids is 2. The molecule has 148 valence electrons. The van der Waals surface area contributed by atoms with E-state index < -0.39 is 23.8 Å². The fraction of sp³-hybridized carbons (Fsp3) is 0.500. The number of carboxylic acid groups (broad SMARTS) is 1. The Labute approximate surface area is 164 Å². The van der Waals surface area contributed by atoms with Crippen LogP contribution in [0.5, 0.6) is 0 Å². The average Bonchev–Trinajstić information content (AvgIpc) is 3.48. The van der Waals surface area contributed by atoms with Gasteiger partial charge in [0.25, 0.3) is 0 Å². The molecule has 1 aromatic carbocycles. The summed E-state index contributed by atoms with van der Waals surface area (Å²) in [7, 11) is 0. The van der Waals surface area contributed by atoms with E-state index in [1.165, 1.54) is 0 Å². The second kappa shape index (κ2) is 7.08. The van der Waals surface area contributed by atoms with Crippen LogP contribution < -0.4 is 5.32 Å². The second-order valence-corrected chi connectivity index (χ2v) is 8.55. The van der Waals surface area contributed by atoms with Crippen LogP contribution in [0.2, 0.25) is 0 Å². The molecule has 1 amide bonds. The van der Waals surface area contributed by atoms with Crippen molar-refractivity contribution in [3.05, 3.63) is 42.0 Å². The topological polar surface area (TPSA) is 92.7 Å². The van der Waals surface area contributed by atoms with Gasteiger partial charge in [-0.2, -0.15) is 0 Å². The van der Waals surface area contributed by atoms with E-state index in [9.17, 15) is 19.5 Å². The Morgan fingerprint density at radius 3 is 2.25 bits per heavy atom. The predicted molar refractivity (Wildman–Crippen MR) is 103 cm³/mol. The summed E-state index contributed by atoms with van der Waals surface area (Å²) in [6.07, 6.45) is 5.05. The molecule has 0 aromatic heterocycles. The Bertz CT molecular complexity index is 828. The van der Waals surface area contributed by atoms with Gasteiger partial charge in [-0.15, -0.1) is 0 Å². The lowest BCUT2D eigenvalue weighted by Gasteiger charge is -2.41. The number of hydrogen-bond acceptors (Lipinski definition) is 4. The van der Waals surface area contributed by atoms with Crippen molar-refractivity contribution in [2.75, 3.05) is 11.9 Å². The summed E-state index contributed by atoms with van der Waals surface area (Å²) in [6.45, 7) is 4.29. The quantitative estimate of drug-likeness (QED) is 0.581. The van der Waals surface area contributed by atoms with Crippen molar-refractivity contribution in [3.8, 4) is 0 Å². The van der Waals surface area contributed by atoms with Crippen LogP contribution in [0.1, 0.15) is 30.6 Å². The van der Waals surface area contributed by atoms with Crippen molar-refractivity contribution in [2.24, 2.45) is 41.4 Å². The van der Waals surface area contributed by atoms with Crippen LogP contribution in [0.3, 0.4) is 0 Å². The highest BCUT2D eigenvalue weighted by molar-refractivity contribution is 5.97. The molecule has 28 heavy (non-hydrogen) atoms. The number of aliphatic carboxylic acids is 1. The normalized spacial score (nSPS) is 32.0. The van der Waals surface area contributed by atoms with Crippen LogP contribution in [0, 0.1) is 41.4 Å². The van der Waals surface area contributed by atoms with Crippen molar-refractivity contribution in [2.45, 2.75) is 20.3 Å². The lowest BCUT2D eigenvalue weighted by Crippen LogP contribution is -2.48. The van der Waals surface area contributed by atoms with Crippen molar-refractivity contribution in [1.29, 1.82) is 0 Å². The standard InChI is InChI=1S/C22H25NO5/c1-11(2)10-28-22(27)12-3-5-13(6-4-12)23-20(24)18-14-7-8-15(17-9-16(14)17)19(18)21(25)26/h3-8,11,14-19H,9-10H2,1-2H3,(H,23,24)(H,25,26). The Kier molecular flexibility index (Phi) is 4.73. The summed E-state index contributed by atoms with van der Waals surface area (Å²) >= 11 is 0. The molecule has 2 bridgehead atoms. The van der Waals surface area contributed by atoms with Gasteiger partial charge < -0.3 is 15.2 Å². The van der Waals surface area contributed by atoms with Crippen molar-refractivity contribution in [1.82, 2.24) is 0 Å². The van der Waals surface area contributed by atoms with Gasteiger partial charge >= 0.3 is 11.9 Å². The smallest absolute Gasteiger partial charge is 0.338 e. The molecule has 6 heteroatoms. The number of carbonyl (C=O) groups is 3. The highest BCUT2D eigenvalue weighted by Crippen LogP contribution is 2.63. The number of ether oxygens (including phenoxy) is 1. The number of fused-ring (bicyclic) bond motifs is 1. The molecule has 0 radical (unpaired) electrons. The summed E-state index contributed by atoms with van der Waals surface area (Å²) < 4.78 is 5.20. The van der Waals surface area contributed by atoms with Crippen LogP contribution in [-0.2, 0) is 14.3 Å². The van der Waals surface area contributed by atoms with Gasteiger partial charge in [0.15, 0.2) is 0 Å². The Hall–Kier alpha value is -2.63. The van der Waals surface area contributed by atoms with Gasteiger partial charge in [0, 0.05) is 5.69 Å². The summed E-state index contributed by atoms with van der Waals surface area (Å²) in [4.78, 5) is 36.8. The maximum atomic E-state index is 12.9. The Balaban J connectivity index is 1.44. The number of hydrogen-bond donors (Lipinski definition) is 2. The zero-order chi connectivity index (χ0) is 20.0. The number of esters is 1. The van der Waals surface area contributed by atoms with Crippen LogP contribution in [0.25, 0.3) is 0 Å². The Morgan fingerprint density at radius 2 is 1.68 bits per heavy atom. The number of amides is 1. The molecule has 4 aliphatic rings. The van der Waals surface area contributed by atoms with Crippen LogP contribution in [0.4, 0.5) is 5.69 Å². The monoisotopic (exact) mass is 383 g/mol. The summed E-state index contributed by atoms with van der Waals surface area (Å²) in [5, 5.41) is 12.6. The number of carboxylic acids is 1. The molecular formula is C22H25NO5. The van der Waals surface area contributed by atoms with Gasteiger partial charge in [-0.25, -0.2) is 4.79 Å². The molecule has 4 aliphatic carbocycles. The van der Waals surface area contributed by atoms with E-state index in [-0.39, 0.29) is 23.7 Å². The number of benzene rings is 1. The minimum Gasteiger partial charge on any atom is -0.481 e. The maximum Gasteiger partial charge on any atom is 0.338 e. The average molecular weight is 383 g/mol. The summed E-state index contributed by atoms with van der Waals surface area (Å²) in [5.41, 5.74) is 0.967. The van der Waals surface area contributed by atoms with Gasteiger partial charge in [-0.05, 0) is 60.3 Å². The fourth-order valence-corrected chi connectivity index (χ4v) is 4.81. The largest absolute Gasteiger partial charge is 0.481 e. The zero-order valence-electron chi connectivity index (χ0n) is 16.0. The number of rotatable bonds is 6. The molecular weight excluding hydrogens is 358 g/mol.